The van der Waals surface area contributed by atoms with Gasteiger partial charge in [-0.3, -0.25) is 4.79 Å². The van der Waals surface area contributed by atoms with Gasteiger partial charge in [-0.1, -0.05) is 50.1 Å². The third kappa shape index (κ3) is 8.93. The summed E-state index contributed by atoms with van der Waals surface area (Å²) in [5.74, 6) is -0.523. The van der Waals surface area contributed by atoms with Crippen molar-refractivity contribution >= 4 is 23.6 Å². The van der Waals surface area contributed by atoms with Gasteiger partial charge < -0.3 is 15.7 Å². The van der Waals surface area contributed by atoms with Crippen molar-refractivity contribution in [2.24, 2.45) is 0 Å². The van der Waals surface area contributed by atoms with Crippen LogP contribution in [0.1, 0.15) is 38.2 Å². The maximum Gasteiger partial charge on any atom is 0.326 e. The smallest absolute Gasteiger partial charge is 0.326 e. The van der Waals surface area contributed by atoms with Crippen LogP contribution >= 0.6 is 11.8 Å². The number of carbonyl (C=O) groups is 2. The predicted octanol–water partition coefficient (Wildman–Crippen LogP) is 2.70. The highest BCUT2D eigenvalue weighted by molar-refractivity contribution is 7.98. The van der Waals surface area contributed by atoms with Crippen LogP contribution in [0.25, 0.3) is 0 Å². The molecule has 25 heavy (non-hydrogen) atoms. The molecule has 0 saturated carbocycles. The van der Waals surface area contributed by atoms with Crippen LogP contribution in [-0.4, -0.2) is 47.6 Å². The topological polar surface area (TPSA) is 78.4 Å². The summed E-state index contributed by atoms with van der Waals surface area (Å²) in [6, 6.07) is 8.54. The van der Waals surface area contributed by atoms with Gasteiger partial charge in [0.25, 0.3) is 0 Å². The first kappa shape index (κ1) is 21.5. The van der Waals surface area contributed by atoms with Gasteiger partial charge in [0.2, 0.25) is 5.91 Å². The number of carboxylic acids is 1. The third-order valence-electron chi connectivity index (χ3n) is 4.00. The monoisotopic (exact) mass is 366 g/mol. The van der Waals surface area contributed by atoms with E-state index in [1.54, 1.807) is 11.8 Å². The summed E-state index contributed by atoms with van der Waals surface area (Å²) in [4.78, 5) is 24.0. The van der Waals surface area contributed by atoms with Gasteiger partial charge in [-0.2, -0.15) is 11.8 Å². The van der Waals surface area contributed by atoms with Gasteiger partial charge in [-0.05, 0) is 43.4 Å². The van der Waals surface area contributed by atoms with Crippen LogP contribution in [-0.2, 0) is 16.0 Å². The first-order valence-corrected chi connectivity index (χ1v) is 10.3. The van der Waals surface area contributed by atoms with E-state index in [9.17, 15) is 14.7 Å². The fourth-order valence-electron chi connectivity index (χ4n) is 2.52. The highest BCUT2D eigenvalue weighted by Crippen LogP contribution is 2.06. The van der Waals surface area contributed by atoms with Crippen LogP contribution in [0.2, 0.25) is 0 Å². The van der Waals surface area contributed by atoms with E-state index in [0.29, 0.717) is 18.6 Å². The number of nitrogens with one attached hydrogen (secondary N) is 2. The molecular formula is C19H30N2O3S. The van der Waals surface area contributed by atoms with E-state index in [1.165, 1.54) is 0 Å². The molecule has 1 amide bonds. The summed E-state index contributed by atoms with van der Waals surface area (Å²) in [7, 11) is 0. The normalized spacial score (nSPS) is 13.2. The Labute approximate surface area is 155 Å². The van der Waals surface area contributed by atoms with E-state index < -0.39 is 18.1 Å². The molecule has 0 aromatic heterocycles. The summed E-state index contributed by atoms with van der Waals surface area (Å²) >= 11 is 1.57. The number of unbranched alkanes of at least 4 members (excludes halogenated alkanes) is 2. The molecule has 140 valence electrons. The number of aliphatic carboxylic acids is 1. The largest absolute Gasteiger partial charge is 0.480 e. The molecule has 0 aliphatic carbocycles. The van der Waals surface area contributed by atoms with Gasteiger partial charge in [0.15, 0.2) is 0 Å². The second-order valence-corrected chi connectivity index (χ2v) is 7.07. The molecule has 0 radical (unpaired) electrons. The number of hydrogen-bond donors (Lipinski definition) is 3. The molecule has 2 atom stereocenters. The fourth-order valence-corrected chi connectivity index (χ4v) is 3.00. The van der Waals surface area contributed by atoms with E-state index in [-0.39, 0.29) is 5.91 Å². The zero-order valence-corrected chi connectivity index (χ0v) is 16.0. The second-order valence-electron chi connectivity index (χ2n) is 6.08. The minimum Gasteiger partial charge on any atom is -0.480 e. The van der Waals surface area contributed by atoms with E-state index in [1.807, 2.05) is 36.6 Å². The van der Waals surface area contributed by atoms with Gasteiger partial charge in [-0.15, -0.1) is 0 Å². The second kappa shape index (κ2) is 12.8. The third-order valence-corrected chi connectivity index (χ3v) is 4.64. The highest BCUT2D eigenvalue weighted by atomic mass is 32.2. The number of carbonyl (C=O) groups excluding carboxylic acids is 1. The Kier molecular flexibility index (Phi) is 11.0. The molecule has 5 nitrogen and oxygen atoms in total. The summed E-state index contributed by atoms with van der Waals surface area (Å²) in [5, 5.41) is 15.3. The summed E-state index contributed by atoms with van der Waals surface area (Å²) < 4.78 is 0. The molecule has 0 heterocycles. The molecule has 0 bridgehead atoms. The zero-order valence-electron chi connectivity index (χ0n) is 15.2. The van der Waals surface area contributed by atoms with Crippen LogP contribution in [0.5, 0.6) is 0 Å². The minimum absolute atomic E-state index is 0.242. The van der Waals surface area contributed by atoms with Crippen molar-refractivity contribution in [1.82, 2.24) is 10.6 Å². The lowest BCUT2D eigenvalue weighted by atomic mass is 10.0. The molecule has 1 aromatic carbocycles. The molecule has 0 aliphatic heterocycles. The quantitative estimate of drug-likeness (QED) is 0.468. The van der Waals surface area contributed by atoms with Gasteiger partial charge in [0.1, 0.15) is 6.04 Å². The Morgan fingerprint density at radius 2 is 1.88 bits per heavy atom. The Bertz CT molecular complexity index is 511. The molecule has 0 unspecified atom stereocenters. The van der Waals surface area contributed by atoms with Crippen molar-refractivity contribution in [3.63, 3.8) is 0 Å². The van der Waals surface area contributed by atoms with Gasteiger partial charge >= 0.3 is 5.97 Å². The van der Waals surface area contributed by atoms with Gasteiger partial charge in [0.05, 0.1) is 6.04 Å². The van der Waals surface area contributed by atoms with E-state index >= 15 is 0 Å². The first-order valence-electron chi connectivity index (χ1n) is 8.87. The van der Waals surface area contributed by atoms with Crippen LogP contribution in [0.15, 0.2) is 30.3 Å². The predicted molar refractivity (Wildman–Crippen MR) is 104 cm³/mol. The van der Waals surface area contributed by atoms with E-state index in [0.717, 1.165) is 31.4 Å². The molecule has 0 spiro atoms. The number of hydrogen-bond acceptors (Lipinski definition) is 4. The van der Waals surface area contributed by atoms with Crippen molar-refractivity contribution in [2.75, 3.05) is 18.6 Å². The van der Waals surface area contributed by atoms with Crippen molar-refractivity contribution in [3.8, 4) is 0 Å². The highest BCUT2D eigenvalue weighted by Gasteiger charge is 2.24. The Hall–Kier alpha value is -1.53. The van der Waals surface area contributed by atoms with E-state index in [4.69, 9.17) is 0 Å². The van der Waals surface area contributed by atoms with Crippen molar-refractivity contribution < 1.29 is 14.7 Å². The molecule has 1 aromatic rings. The fraction of sp³-hybridized carbons (Fsp3) is 0.579. The molecule has 6 heteroatoms. The summed E-state index contributed by atoms with van der Waals surface area (Å²) in [6.07, 6.45) is 6.13. The van der Waals surface area contributed by atoms with Gasteiger partial charge in [-0.25, -0.2) is 4.79 Å². The van der Waals surface area contributed by atoms with Crippen LogP contribution in [0.3, 0.4) is 0 Å². The number of amides is 1. The standard InChI is InChI=1S/C19H30N2O3S/c1-3-4-8-12-20-17(14-15-9-6-5-7-10-15)18(22)21-16(19(23)24)11-13-25-2/h5-7,9-10,16-17,20H,3-4,8,11-14H2,1-2H3,(H,21,22)(H,23,24)/t16-,17-/m0/s1. The average Bonchev–Trinajstić information content (AvgIpc) is 2.61. The lowest BCUT2D eigenvalue weighted by Crippen LogP contribution is -2.51. The molecule has 0 fully saturated rings. The Morgan fingerprint density at radius 3 is 2.48 bits per heavy atom. The Morgan fingerprint density at radius 1 is 1.16 bits per heavy atom. The molecule has 0 saturated heterocycles. The van der Waals surface area contributed by atoms with Crippen molar-refractivity contribution in [2.45, 2.75) is 51.1 Å². The van der Waals surface area contributed by atoms with Gasteiger partial charge in [0, 0.05) is 0 Å². The minimum atomic E-state index is -0.980. The molecular weight excluding hydrogens is 336 g/mol. The average molecular weight is 367 g/mol. The lowest BCUT2D eigenvalue weighted by Gasteiger charge is -2.21. The molecule has 1 rings (SSSR count). The number of benzene rings is 1. The number of rotatable bonds is 13. The van der Waals surface area contributed by atoms with Crippen LogP contribution in [0.4, 0.5) is 0 Å². The number of thioether (sulfide) groups is 1. The van der Waals surface area contributed by atoms with Crippen LogP contribution in [0, 0.1) is 0 Å². The number of carboxylic acid groups (broad SMARTS) is 1. The summed E-state index contributed by atoms with van der Waals surface area (Å²) in [6.45, 7) is 2.89. The first-order chi connectivity index (χ1) is 12.1. The Balaban J connectivity index is 2.70. The molecule has 0 aliphatic rings. The SMILES string of the molecule is CCCCCN[C@@H](Cc1ccccc1)C(=O)N[C@@H](CCSC)C(=O)O. The van der Waals surface area contributed by atoms with Crippen molar-refractivity contribution in [3.05, 3.63) is 35.9 Å². The molecule has 3 N–H and O–H groups in total. The van der Waals surface area contributed by atoms with Crippen LogP contribution < -0.4 is 10.6 Å². The zero-order chi connectivity index (χ0) is 18.5. The van der Waals surface area contributed by atoms with E-state index in [2.05, 4.69) is 17.6 Å². The summed E-state index contributed by atoms with van der Waals surface area (Å²) in [5.41, 5.74) is 1.06. The lowest BCUT2D eigenvalue weighted by molar-refractivity contribution is -0.142. The maximum absolute atomic E-state index is 12.6. The van der Waals surface area contributed by atoms with Crippen molar-refractivity contribution in [1.29, 1.82) is 0 Å². The maximum atomic E-state index is 12.6.